The van der Waals surface area contributed by atoms with Crippen molar-refractivity contribution in [2.24, 2.45) is 5.92 Å². The molecule has 1 aromatic carbocycles. The first-order valence-corrected chi connectivity index (χ1v) is 10.2. The van der Waals surface area contributed by atoms with Crippen molar-refractivity contribution in [3.63, 3.8) is 0 Å². The molecule has 124 valence electrons. The van der Waals surface area contributed by atoms with Crippen molar-refractivity contribution in [2.75, 3.05) is 11.1 Å². The fraction of sp³-hybridized carbons (Fsp3) is 0.400. The van der Waals surface area contributed by atoms with Gasteiger partial charge >= 0.3 is 0 Å². The predicted octanol–water partition coefficient (Wildman–Crippen LogP) is 5.06. The van der Waals surface area contributed by atoms with E-state index in [0.29, 0.717) is 16.1 Å². The molecule has 2 rings (SSSR count). The Balaban J connectivity index is 1.86. The lowest BCUT2D eigenvalue weighted by molar-refractivity contribution is -0.115. The van der Waals surface area contributed by atoms with Crippen LogP contribution in [0, 0.1) is 5.92 Å². The number of hydrogen-bond acceptors (Lipinski definition) is 6. The van der Waals surface area contributed by atoms with E-state index in [1.807, 2.05) is 31.2 Å². The first kappa shape index (κ1) is 18.6. The second-order valence-corrected chi connectivity index (χ2v) is 9.38. The highest BCUT2D eigenvalue weighted by atomic mass is 35.5. The minimum absolute atomic E-state index is 0.0819. The molecule has 0 saturated carbocycles. The Hall–Kier alpha value is -0.760. The Kier molecular flexibility index (Phi) is 7.20. The van der Waals surface area contributed by atoms with E-state index < -0.39 is 0 Å². The fourth-order valence-corrected chi connectivity index (χ4v) is 4.26. The van der Waals surface area contributed by atoms with Crippen LogP contribution in [0.5, 0.6) is 0 Å². The number of rotatable bonds is 7. The van der Waals surface area contributed by atoms with Crippen molar-refractivity contribution in [1.29, 1.82) is 0 Å². The molecule has 1 aromatic heterocycles. The third kappa shape index (κ3) is 6.33. The molecule has 0 fully saturated rings. The Morgan fingerprint density at radius 1 is 1.26 bits per heavy atom. The molecule has 0 aliphatic heterocycles. The van der Waals surface area contributed by atoms with Crippen LogP contribution in [0.15, 0.2) is 33.5 Å². The number of benzene rings is 1. The average molecular weight is 388 g/mol. The van der Waals surface area contributed by atoms with Gasteiger partial charge in [0.25, 0.3) is 0 Å². The number of amides is 1. The highest BCUT2D eigenvalue weighted by molar-refractivity contribution is 8.01. The van der Waals surface area contributed by atoms with Crippen molar-refractivity contribution in [3.05, 3.63) is 29.3 Å². The average Bonchev–Trinajstić information content (AvgIpc) is 2.95. The quantitative estimate of drug-likeness (QED) is 0.531. The second-order valence-electron chi connectivity index (χ2n) is 5.28. The van der Waals surface area contributed by atoms with Crippen LogP contribution in [0.4, 0.5) is 5.13 Å². The van der Waals surface area contributed by atoms with Crippen molar-refractivity contribution in [3.8, 4) is 0 Å². The van der Waals surface area contributed by atoms with Crippen LogP contribution in [0.1, 0.15) is 20.8 Å². The number of halogens is 1. The Morgan fingerprint density at radius 3 is 2.61 bits per heavy atom. The number of carbonyl (C=O) groups excluding carboxylic acids is 1. The molecular weight excluding hydrogens is 370 g/mol. The van der Waals surface area contributed by atoms with Gasteiger partial charge in [0.1, 0.15) is 0 Å². The minimum atomic E-state index is -0.230. The van der Waals surface area contributed by atoms with Gasteiger partial charge in [-0.2, -0.15) is 0 Å². The normalized spacial score (nSPS) is 12.4. The van der Waals surface area contributed by atoms with Crippen molar-refractivity contribution >= 4 is 57.5 Å². The summed E-state index contributed by atoms with van der Waals surface area (Å²) >= 11 is 10.4. The summed E-state index contributed by atoms with van der Waals surface area (Å²) in [6, 6.07) is 7.44. The van der Waals surface area contributed by atoms with Gasteiger partial charge in [0.05, 0.1) is 5.25 Å². The molecular formula is C15H18ClN3OS3. The molecule has 1 amide bonds. The van der Waals surface area contributed by atoms with Gasteiger partial charge in [-0.05, 0) is 37.1 Å². The van der Waals surface area contributed by atoms with Gasteiger partial charge in [-0.15, -0.1) is 22.0 Å². The number of carbonyl (C=O) groups is 1. The van der Waals surface area contributed by atoms with E-state index in [1.165, 1.54) is 23.1 Å². The lowest BCUT2D eigenvalue weighted by atomic mass is 10.3. The van der Waals surface area contributed by atoms with Crippen LogP contribution >= 0.6 is 46.5 Å². The van der Waals surface area contributed by atoms with Crippen LogP contribution in [0.2, 0.25) is 5.02 Å². The highest BCUT2D eigenvalue weighted by Gasteiger charge is 2.16. The molecule has 4 nitrogen and oxygen atoms in total. The van der Waals surface area contributed by atoms with Crippen molar-refractivity contribution < 1.29 is 4.79 Å². The molecule has 0 aliphatic rings. The molecule has 0 spiro atoms. The topological polar surface area (TPSA) is 54.9 Å². The molecule has 8 heteroatoms. The zero-order valence-electron chi connectivity index (χ0n) is 13.1. The maximum Gasteiger partial charge on any atom is 0.239 e. The number of nitrogens with zero attached hydrogens (tertiary/aromatic N) is 2. The molecule has 0 saturated heterocycles. The summed E-state index contributed by atoms with van der Waals surface area (Å²) in [4.78, 5) is 13.2. The monoisotopic (exact) mass is 387 g/mol. The third-order valence-corrected chi connectivity index (χ3v) is 6.44. The fourth-order valence-electron chi connectivity index (χ4n) is 1.53. The number of anilines is 1. The minimum Gasteiger partial charge on any atom is -0.300 e. The zero-order chi connectivity index (χ0) is 16.8. The number of thioether (sulfide) groups is 2. The first-order chi connectivity index (χ1) is 10.9. The van der Waals surface area contributed by atoms with Crippen molar-refractivity contribution in [1.82, 2.24) is 10.2 Å². The molecule has 0 aliphatic carbocycles. The number of aromatic nitrogens is 2. The van der Waals surface area contributed by atoms with Gasteiger partial charge in [-0.3, -0.25) is 10.1 Å². The van der Waals surface area contributed by atoms with Crippen LogP contribution < -0.4 is 5.32 Å². The maximum absolute atomic E-state index is 12.2. The molecule has 0 radical (unpaired) electrons. The van der Waals surface area contributed by atoms with Crippen LogP contribution in [-0.2, 0) is 4.79 Å². The molecule has 0 bridgehead atoms. The van der Waals surface area contributed by atoms with E-state index in [1.54, 1.807) is 11.8 Å². The predicted molar refractivity (Wildman–Crippen MR) is 101 cm³/mol. The molecule has 0 unspecified atom stereocenters. The Labute approximate surface area is 153 Å². The summed E-state index contributed by atoms with van der Waals surface area (Å²) in [6.45, 7) is 6.18. The van der Waals surface area contributed by atoms with Gasteiger partial charge in [-0.25, -0.2) is 0 Å². The Bertz CT molecular complexity index is 646. The largest absolute Gasteiger partial charge is 0.300 e. The van der Waals surface area contributed by atoms with Gasteiger partial charge < -0.3 is 0 Å². The van der Waals surface area contributed by atoms with Crippen molar-refractivity contribution in [2.45, 2.75) is 35.3 Å². The standard InChI is InChI=1S/C15H18ClN3OS3/c1-9(2)8-21-15-19-18-14(23-15)17-13(20)10(3)22-12-6-4-11(16)5-7-12/h4-7,9-10H,8H2,1-3H3,(H,17,18,20)/t10-/m0/s1. The summed E-state index contributed by atoms with van der Waals surface area (Å²) in [7, 11) is 0. The summed E-state index contributed by atoms with van der Waals surface area (Å²) in [5.74, 6) is 1.50. The smallest absolute Gasteiger partial charge is 0.239 e. The molecule has 1 heterocycles. The molecule has 2 aromatic rings. The second kappa shape index (κ2) is 8.92. The zero-order valence-corrected chi connectivity index (χ0v) is 16.3. The van der Waals surface area contributed by atoms with Crippen LogP contribution in [0.25, 0.3) is 0 Å². The highest BCUT2D eigenvalue weighted by Crippen LogP contribution is 2.29. The van der Waals surface area contributed by atoms with E-state index in [2.05, 4.69) is 29.4 Å². The summed E-state index contributed by atoms with van der Waals surface area (Å²) in [5, 5.41) is 11.9. The summed E-state index contributed by atoms with van der Waals surface area (Å²) in [6.07, 6.45) is 0. The Morgan fingerprint density at radius 2 is 1.96 bits per heavy atom. The summed E-state index contributed by atoms with van der Waals surface area (Å²) < 4.78 is 0.881. The molecule has 23 heavy (non-hydrogen) atoms. The van der Waals surface area contributed by atoms with E-state index >= 15 is 0 Å². The number of nitrogens with one attached hydrogen (secondary N) is 1. The third-order valence-electron chi connectivity index (χ3n) is 2.67. The van der Waals surface area contributed by atoms with E-state index in [-0.39, 0.29) is 11.2 Å². The summed E-state index contributed by atoms with van der Waals surface area (Å²) in [5.41, 5.74) is 0. The van der Waals surface area contributed by atoms with Gasteiger partial charge in [0.15, 0.2) is 4.34 Å². The lowest BCUT2D eigenvalue weighted by Crippen LogP contribution is -2.22. The van der Waals surface area contributed by atoms with E-state index in [0.717, 1.165) is 15.0 Å². The number of hydrogen-bond donors (Lipinski definition) is 1. The SMILES string of the molecule is CC(C)CSc1nnc(NC(=O)[C@H](C)Sc2ccc(Cl)cc2)s1. The lowest BCUT2D eigenvalue weighted by Gasteiger charge is -2.10. The first-order valence-electron chi connectivity index (χ1n) is 7.13. The van der Waals surface area contributed by atoms with E-state index in [4.69, 9.17) is 11.6 Å². The molecule has 1 N–H and O–H groups in total. The van der Waals surface area contributed by atoms with Gasteiger partial charge in [0, 0.05) is 15.7 Å². The van der Waals surface area contributed by atoms with Crippen LogP contribution in [-0.4, -0.2) is 27.1 Å². The maximum atomic E-state index is 12.2. The van der Waals surface area contributed by atoms with Crippen LogP contribution in [0.3, 0.4) is 0 Å². The van der Waals surface area contributed by atoms with Gasteiger partial charge in [-0.1, -0.05) is 48.5 Å². The van der Waals surface area contributed by atoms with E-state index in [9.17, 15) is 4.79 Å². The molecule has 1 atom stereocenters. The van der Waals surface area contributed by atoms with Gasteiger partial charge in [0.2, 0.25) is 11.0 Å².